The van der Waals surface area contributed by atoms with Crippen molar-refractivity contribution in [1.29, 1.82) is 0 Å². The van der Waals surface area contributed by atoms with Crippen LogP contribution in [0.3, 0.4) is 0 Å². The summed E-state index contributed by atoms with van der Waals surface area (Å²) in [4.78, 5) is 21.8. The molecule has 0 bridgehead atoms. The van der Waals surface area contributed by atoms with Crippen LogP contribution in [0.15, 0.2) is 12.2 Å². The molecule has 0 fully saturated rings. The minimum Gasteiger partial charge on any atom is -0.481 e. The molecule has 0 saturated carbocycles. The topological polar surface area (TPSA) is 54.4 Å². The van der Waals surface area contributed by atoms with Crippen molar-refractivity contribution in [1.82, 2.24) is 0 Å². The van der Waals surface area contributed by atoms with Gasteiger partial charge in [-0.3, -0.25) is 9.59 Å². The van der Waals surface area contributed by atoms with E-state index < -0.39 is 5.97 Å². The predicted octanol–water partition coefficient (Wildman–Crippen LogP) is 2.02. The summed E-state index contributed by atoms with van der Waals surface area (Å²) in [6.07, 6.45) is 4.81. The van der Waals surface area contributed by atoms with Gasteiger partial charge in [0.15, 0.2) is 5.78 Å². The number of rotatable bonds is 3. The predicted molar refractivity (Wildman–Crippen MR) is 52.9 cm³/mol. The maximum absolute atomic E-state index is 11.4. The Morgan fingerprint density at radius 3 is 2.86 bits per heavy atom. The molecule has 0 aromatic carbocycles. The third-order valence-corrected chi connectivity index (χ3v) is 2.58. The quantitative estimate of drug-likeness (QED) is 0.751. The Morgan fingerprint density at radius 1 is 1.64 bits per heavy atom. The Kier molecular flexibility index (Phi) is 3.09. The lowest BCUT2D eigenvalue weighted by atomic mass is 9.75. The maximum Gasteiger partial charge on any atom is 0.303 e. The molecule has 14 heavy (non-hydrogen) atoms. The normalized spacial score (nSPS) is 25.0. The van der Waals surface area contributed by atoms with E-state index in [4.69, 9.17) is 5.11 Å². The minimum atomic E-state index is -0.829. The number of carbonyl (C=O) groups excluding carboxylic acids is 1. The molecule has 0 saturated heterocycles. The summed E-state index contributed by atoms with van der Waals surface area (Å²) in [5, 5.41) is 8.53. The molecular formula is C11H16O3. The highest BCUT2D eigenvalue weighted by Crippen LogP contribution is 2.33. The van der Waals surface area contributed by atoms with Crippen molar-refractivity contribution in [2.24, 2.45) is 11.3 Å². The molecule has 3 heteroatoms. The van der Waals surface area contributed by atoms with Gasteiger partial charge in [0.2, 0.25) is 0 Å². The zero-order chi connectivity index (χ0) is 10.8. The summed E-state index contributed by atoms with van der Waals surface area (Å²) in [6.45, 7) is 4.12. The fraction of sp³-hybridized carbons (Fsp3) is 0.636. The highest BCUT2D eigenvalue weighted by Gasteiger charge is 2.29. The number of carboxylic acids is 1. The average molecular weight is 196 g/mol. The summed E-state index contributed by atoms with van der Waals surface area (Å²) >= 11 is 0. The van der Waals surface area contributed by atoms with Crippen molar-refractivity contribution in [2.45, 2.75) is 33.1 Å². The third kappa shape index (κ3) is 2.98. The Labute approximate surface area is 83.8 Å². The van der Waals surface area contributed by atoms with Crippen molar-refractivity contribution < 1.29 is 14.7 Å². The standard InChI is InChI=1S/C11H16O3/c1-11(2)6-5-9(12)8(7-11)3-4-10(13)14/h5-6,8H,3-4,7H2,1-2H3,(H,13,14). The highest BCUT2D eigenvalue weighted by molar-refractivity contribution is 5.93. The molecule has 1 aliphatic carbocycles. The van der Waals surface area contributed by atoms with Crippen molar-refractivity contribution in [3.05, 3.63) is 12.2 Å². The van der Waals surface area contributed by atoms with E-state index in [0.717, 1.165) is 6.42 Å². The van der Waals surface area contributed by atoms with E-state index in [1.165, 1.54) is 0 Å². The van der Waals surface area contributed by atoms with Crippen LogP contribution in [0.2, 0.25) is 0 Å². The first-order valence-electron chi connectivity index (χ1n) is 4.85. The van der Waals surface area contributed by atoms with Crippen LogP contribution in [0.1, 0.15) is 33.1 Å². The van der Waals surface area contributed by atoms with Gasteiger partial charge >= 0.3 is 5.97 Å². The van der Waals surface area contributed by atoms with Gasteiger partial charge in [0.1, 0.15) is 0 Å². The molecule has 0 heterocycles. The van der Waals surface area contributed by atoms with E-state index in [-0.39, 0.29) is 23.5 Å². The first-order valence-corrected chi connectivity index (χ1v) is 4.85. The van der Waals surface area contributed by atoms with Gasteiger partial charge in [-0.2, -0.15) is 0 Å². The zero-order valence-electron chi connectivity index (χ0n) is 8.62. The minimum absolute atomic E-state index is 0.0249. The van der Waals surface area contributed by atoms with Gasteiger partial charge in [-0.1, -0.05) is 19.9 Å². The Hall–Kier alpha value is -1.12. The first-order chi connectivity index (χ1) is 6.41. The van der Waals surface area contributed by atoms with Crippen LogP contribution in [-0.2, 0) is 9.59 Å². The fourth-order valence-electron chi connectivity index (χ4n) is 1.79. The van der Waals surface area contributed by atoms with Crippen LogP contribution < -0.4 is 0 Å². The SMILES string of the molecule is CC1(C)C=CC(=O)C(CCC(=O)O)C1. The molecule has 1 aliphatic rings. The molecule has 1 rings (SSSR count). The van der Waals surface area contributed by atoms with E-state index in [2.05, 4.69) is 13.8 Å². The van der Waals surface area contributed by atoms with Gasteiger partial charge in [0, 0.05) is 12.3 Å². The lowest BCUT2D eigenvalue weighted by molar-refractivity contribution is -0.137. The maximum atomic E-state index is 11.4. The van der Waals surface area contributed by atoms with E-state index in [1.807, 2.05) is 6.08 Å². The van der Waals surface area contributed by atoms with Gasteiger partial charge in [-0.15, -0.1) is 0 Å². The number of carbonyl (C=O) groups is 2. The molecular weight excluding hydrogens is 180 g/mol. The monoisotopic (exact) mass is 196 g/mol. The van der Waals surface area contributed by atoms with Crippen molar-refractivity contribution in [2.75, 3.05) is 0 Å². The molecule has 0 amide bonds. The van der Waals surface area contributed by atoms with Crippen LogP contribution in [0, 0.1) is 11.3 Å². The Bertz CT molecular complexity index is 276. The largest absolute Gasteiger partial charge is 0.481 e. The van der Waals surface area contributed by atoms with E-state index in [1.54, 1.807) is 6.08 Å². The number of carboxylic acid groups (broad SMARTS) is 1. The van der Waals surface area contributed by atoms with Crippen LogP contribution in [0.25, 0.3) is 0 Å². The van der Waals surface area contributed by atoms with Crippen molar-refractivity contribution >= 4 is 11.8 Å². The van der Waals surface area contributed by atoms with Crippen LogP contribution in [0.4, 0.5) is 0 Å². The molecule has 1 N–H and O–H groups in total. The van der Waals surface area contributed by atoms with Crippen molar-refractivity contribution in [3.63, 3.8) is 0 Å². The lowest BCUT2D eigenvalue weighted by Crippen LogP contribution is -2.26. The molecule has 0 radical (unpaired) electrons. The van der Waals surface area contributed by atoms with Crippen LogP contribution in [-0.4, -0.2) is 16.9 Å². The van der Waals surface area contributed by atoms with Gasteiger partial charge in [-0.25, -0.2) is 0 Å². The summed E-state index contributed by atoms with van der Waals surface area (Å²) in [6, 6.07) is 0. The highest BCUT2D eigenvalue weighted by atomic mass is 16.4. The molecule has 3 nitrogen and oxygen atoms in total. The average Bonchev–Trinajstić information content (AvgIpc) is 2.06. The molecule has 0 aromatic heterocycles. The van der Waals surface area contributed by atoms with Gasteiger partial charge in [0.25, 0.3) is 0 Å². The number of allylic oxidation sites excluding steroid dienone is 2. The third-order valence-electron chi connectivity index (χ3n) is 2.58. The number of ketones is 1. The van der Waals surface area contributed by atoms with E-state index in [9.17, 15) is 9.59 Å². The fourth-order valence-corrected chi connectivity index (χ4v) is 1.79. The Morgan fingerprint density at radius 2 is 2.29 bits per heavy atom. The summed E-state index contributed by atoms with van der Waals surface area (Å²) in [5.74, 6) is -0.859. The van der Waals surface area contributed by atoms with Gasteiger partial charge in [0.05, 0.1) is 0 Å². The second kappa shape index (κ2) is 3.95. The molecule has 0 spiro atoms. The number of aliphatic carboxylic acids is 1. The van der Waals surface area contributed by atoms with Gasteiger partial charge < -0.3 is 5.11 Å². The van der Waals surface area contributed by atoms with Crippen LogP contribution >= 0.6 is 0 Å². The molecule has 0 aromatic rings. The number of hydrogen-bond donors (Lipinski definition) is 1. The summed E-state index contributed by atoms with van der Waals surface area (Å²) in [5.41, 5.74) is 0.0249. The molecule has 0 aliphatic heterocycles. The molecule has 1 unspecified atom stereocenters. The Balaban J connectivity index is 2.58. The summed E-state index contributed by atoms with van der Waals surface area (Å²) in [7, 11) is 0. The lowest BCUT2D eigenvalue weighted by Gasteiger charge is -2.29. The summed E-state index contributed by atoms with van der Waals surface area (Å²) < 4.78 is 0. The first kappa shape index (κ1) is 11.0. The van der Waals surface area contributed by atoms with Gasteiger partial charge in [-0.05, 0) is 24.3 Å². The number of hydrogen-bond acceptors (Lipinski definition) is 2. The van der Waals surface area contributed by atoms with E-state index in [0.29, 0.717) is 6.42 Å². The second-order valence-corrected chi connectivity index (χ2v) is 4.56. The molecule has 1 atom stereocenters. The second-order valence-electron chi connectivity index (χ2n) is 4.56. The van der Waals surface area contributed by atoms with Crippen molar-refractivity contribution in [3.8, 4) is 0 Å². The molecule has 78 valence electrons. The van der Waals surface area contributed by atoms with E-state index >= 15 is 0 Å². The smallest absolute Gasteiger partial charge is 0.303 e. The van der Waals surface area contributed by atoms with Crippen LogP contribution in [0.5, 0.6) is 0 Å². The zero-order valence-corrected chi connectivity index (χ0v) is 8.62.